The molecule has 2 N–H and O–H groups in total. The number of amides is 2. The number of fused-ring (bicyclic) bond motifs is 2. The van der Waals surface area contributed by atoms with Crippen LogP contribution >= 0.6 is 23.2 Å². The molecule has 0 spiro atoms. The predicted octanol–water partition coefficient (Wildman–Crippen LogP) is 6.85. The SMILES string of the molecule is Cc1cc(NC(=O)c2cccnc2Cl)c(Cl)cc1C(=O)N1Cc2ccccc2Nc2ccccc21. The van der Waals surface area contributed by atoms with Crippen LogP contribution in [0.25, 0.3) is 0 Å². The van der Waals surface area contributed by atoms with E-state index >= 15 is 0 Å². The first-order chi connectivity index (χ1) is 16.9. The van der Waals surface area contributed by atoms with Gasteiger partial charge in [0.2, 0.25) is 0 Å². The minimum Gasteiger partial charge on any atom is -0.354 e. The molecule has 0 unspecified atom stereocenters. The molecule has 2 heterocycles. The van der Waals surface area contributed by atoms with Crippen LogP contribution in [0.2, 0.25) is 10.2 Å². The molecule has 5 rings (SSSR count). The van der Waals surface area contributed by atoms with Crippen LogP contribution in [0, 0.1) is 6.92 Å². The number of hydrogen-bond acceptors (Lipinski definition) is 4. The van der Waals surface area contributed by atoms with Gasteiger partial charge in [-0.05, 0) is 60.5 Å². The summed E-state index contributed by atoms with van der Waals surface area (Å²) in [7, 11) is 0. The van der Waals surface area contributed by atoms with E-state index in [1.165, 1.54) is 6.20 Å². The third-order valence-corrected chi connectivity index (χ3v) is 6.47. The average Bonchev–Trinajstić information content (AvgIpc) is 3.02. The molecule has 0 radical (unpaired) electrons. The van der Waals surface area contributed by atoms with E-state index in [-0.39, 0.29) is 21.6 Å². The van der Waals surface area contributed by atoms with Crippen LogP contribution in [0.5, 0.6) is 0 Å². The van der Waals surface area contributed by atoms with Gasteiger partial charge in [-0.25, -0.2) is 4.98 Å². The van der Waals surface area contributed by atoms with Crippen LogP contribution in [-0.4, -0.2) is 16.8 Å². The van der Waals surface area contributed by atoms with Crippen LogP contribution in [0.1, 0.15) is 31.8 Å². The van der Waals surface area contributed by atoms with Crippen LogP contribution in [0.4, 0.5) is 22.7 Å². The molecule has 4 aromatic rings. The summed E-state index contributed by atoms with van der Waals surface area (Å²) in [5, 5.41) is 6.54. The van der Waals surface area contributed by atoms with Crippen molar-refractivity contribution >= 4 is 57.8 Å². The summed E-state index contributed by atoms with van der Waals surface area (Å²) in [5.74, 6) is -0.629. The number of nitrogens with zero attached hydrogens (tertiary/aromatic N) is 2. The van der Waals surface area contributed by atoms with Crippen molar-refractivity contribution in [2.24, 2.45) is 0 Å². The third-order valence-electron chi connectivity index (χ3n) is 5.85. The summed E-state index contributed by atoms with van der Waals surface area (Å²) < 4.78 is 0. The molecule has 1 aliphatic heterocycles. The van der Waals surface area contributed by atoms with Gasteiger partial charge < -0.3 is 15.5 Å². The molecule has 174 valence electrons. The topological polar surface area (TPSA) is 74.3 Å². The summed E-state index contributed by atoms with van der Waals surface area (Å²) in [5.41, 5.74) is 5.30. The number of pyridine rings is 1. The van der Waals surface area contributed by atoms with E-state index in [2.05, 4.69) is 15.6 Å². The number of carbonyl (C=O) groups is 2. The van der Waals surface area contributed by atoms with E-state index in [1.807, 2.05) is 55.5 Å². The Balaban J connectivity index is 1.49. The standard InChI is InChI=1S/C27H20Cl2N4O2/c1-16-13-23(32-26(34)18-8-6-12-30-25(18)29)20(28)14-19(16)27(35)33-15-17-7-2-3-9-21(17)31-22-10-4-5-11-24(22)33/h2-14,31H,15H2,1H3,(H,32,34). The van der Waals surface area contributed by atoms with Crippen LogP contribution in [-0.2, 0) is 6.54 Å². The Morgan fingerprint density at radius 2 is 1.69 bits per heavy atom. The first kappa shape index (κ1) is 22.9. The molecule has 2 amide bonds. The maximum atomic E-state index is 13.8. The highest BCUT2D eigenvalue weighted by atomic mass is 35.5. The van der Waals surface area contributed by atoms with Gasteiger partial charge in [0.25, 0.3) is 11.8 Å². The molecule has 0 saturated carbocycles. The Hall–Kier alpha value is -3.87. The lowest BCUT2D eigenvalue weighted by molar-refractivity contribution is 0.0983. The lowest BCUT2D eigenvalue weighted by Gasteiger charge is -2.24. The minimum atomic E-state index is -0.437. The molecular formula is C27H20Cl2N4O2. The van der Waals surface area contributed by atoms with Crippen LogP contribution in [0.15, 0.2) is 79.0 Å². The van der Waals surface area contributed by atoms with E-state index in [9.17, 15) is 9.59 Å². The van der Waals surface area contributed by atoms with Gasteiger partial charge in [0.05, 0.1) is 34.2 Å². The normalized spacial score (nSPS) is 12.1. The van der Waals surface area contributed by atoms with Gasteiger partial charge in [-0.2, -0.15) is 0 Å². The van der Waals surface area contributed by atoms with Gasteiger partial charge in [0, 0.05) is 17.4 Å². The average molecular weight is 503 g/mol. The molecule has 1 aliphatic rings. The number of halogens is 2. The van der Waals surface area contributed by atoms with Gasteiger partial charge in [-0.1, -0.05) is 53.5 Å². The second-order valence-corrected chi connectivity index (χ2v) is 8.90. The Morgan fingerprint density at radius 1 is 0.943 bits per heavy atom. The van der Waals surface area contributed by atoms with Gasteiger partial charge in [0.15, 0.2) is 0 Å². The highest BCUT2D eigenvalue weighted by Crippen LogP contribution is 2.37. The predicted molar refractivity (Wildman–Crippen MR) is 140 cm³/mol. The van der Waals surface area contributed by atoms with Crippen molar-refractivity contribution in [1.29, 1.82) is 0 Å². The molecule has 3 aromatic carbocycles. The first-order valence-corrected chi connectivity index (χ1v) is 11.7. The lowest BCUT2D eigenvalue weighted by Crippen LogP contribution is -2.30. The van der Waals surface area contributed by atoms with Crippen molar-refractivity contribution in [2.45, 2.75) is 13.5 Å². The zero-order valence-corrected chi connectivity index (χ0v) is 20.2. The molecule has 1 aromatic heterocycles. The summed E-state index contributed by atoms with van der Waals surface area (Å²) in [4.78, 5) is 32.2. The number of nitrogens with one attached hydrogen (secondary N) is 2. The quantitative estimate of drug-likeness (QED) is 0.300. The lowest BCUT2D eigenvalue weighted by atomic mass is 10.0. The van der Waals surface area contributed by atoms with E-state index in [1.54, 1.807) is 29.2 Å². The third kappa shape index (κ3) is 4.46. The molecule has 35 heavy (non-hydrogen) atoms. The minimum absolute atomic E-state index is 0.0957. The van der Waals surface area contributed by atoms with E-state index in [4.69, 9.17) is 23.2 Å². The number of aryl methyl sites for hydroxylation is 1. The highest BCUT2D eigenvalue weighted by molar-refractivity contribution is 6.35. The van der Waals surface area contributed by atoms with E-state index < -0.39 is 5.91 Å². The number of para-hydroxylation sites is 3. The van der Waals surface area contributed by atoms with E-state index in [0.29, 0.717) is 23.4 Å². The van der Waals surface area contributed by atoms with Crippen molar-refractivity contribution in [3.8, 4) is 0 Å². The zero-order valence-electron chi connectivity index (χ0n) is 18.7. The monoisotopic (exact) mass is 502 g/mol. The van der Waals surface area contributed by atoms with Crippen LogP contribution < -0.4 is 15.5 Å². The highest BCUT2D eigenvalue weighted by Gasteiger charge is 2.26. The van der Waals surface area contributed by atoms with Crippen molar-refractivity contribution in [2.75, 3.05) is 15.5 Å². The molecule has 0 fully saturated rings. The summed E-state index contributed by atoms with van der Waals surface area (Å²) in [6.07, 6.45) is 1.51. The van der Waals surface area contributed by atoms with Crippen molar-refractivity contribution in [1.82, 2.24) is 4.98 Å². The molecule has 8 heteroatoms. The fourth-order valence-corrected chi connectivity index (χ4v) is 4.49. The Bertz CT molecular complexity index is 1470. The smallest absolute Gasteiger partial charge is 0.258 e. The zero-order chi connectivity index (χ0) is 24.5. The van der Waals surface area contributed by atoms with Gasteiger partial charge in [-0.15, -0.1) is 0 Å². The number of hydrogen-bond donors (Lipinski definition) is 2. The fraction of sp³-hybridized carbons (Fsp3) is 0.0741. The first-order valence-electron chi connectivity index (χ1n) is 10.9. The molecular weight excluding hydrogens is 483 g/mol. The molecule has 0 aliphatic carbocycles. The summed E-state index contributed by atoms with van der Waals surface area (Å²) in [6.45, 7) is 2.21. The van der Waals surface area contributed by atoms with Crippen molar-refractivity contribution in [3.63, 3.8) is 0 Å². The Kier molecular flexibility index (Phi) is 6.16. The number of aromatic nitrogens is 1. The molecule has 0 saturated heterocycles. The van der Waals surface area contributed by atoms with Crippen molar-refractivity contribution in [3.05, 3.63) is 111 Å². The van der Waals surface area contributed by atoms with Crippen molar-refractivity contribution < 1.29 is 9.59 Å². The second-order valence-electron chi connectivity index (χ2n) is 8.13. The largest absolute Gasteiger partial charge is 0.354 e. The Morgan fingerprint density at radius 3 is 2.49 bits per heavy atom. The maximum Gasteiger partial charge on any atom is 0.258 e. The molecule has 0 bridgehead atoms. The van der Waals surface area contributed by atoms with E-state index in [0.717, 1.165) is 22.6 Å². The fourth-order valence-electron chi connectivity index (χ4n) is 4.07. The number of rotatable bonds is 3. The summed E-state index contributed by atoms with van der Waals surface area (Å²) in [6, 6.07) is 22.1. The number of benzene rings is 3. The number of anilines is 4. The van der Waals surface area contributed by atoms with Gasteiger partial charge in [-0.3, -0.25) is 9.59 Å². The molecule has 0 atom stereocenters. The van der Waals surface area contributed by atoms with Gasteiger partial charge >= 0.3 is 0 Å². The van der Waals surface area contributed by atoms with Crippen LogP contribution in [0.3, 0.4) is 0 Å². The molecule has 6 nitrogen and oxygen atoms in total. The number of carbonyl (C=O) groups excluding carboxylic acids is 2. The Labute approximate surface area is 212 Å². The second kappa shape index (κ2) is 9.41. The maximum absolute atomic E-state index is 13.8. The van der Waals surface area contributed by atoms with Gasteiger partial charge in [0.1, 0.15) is 5.15 Å². The summed E-state index contributed by atoms with van der Waals surface area (Å²) >= 11 is 12.6.